The maximum absolute atomic E-state index is 11.5. The monoisotopic (exact) mass is 229 g/mol. The Bertz CT molecular complexity index is 268. The second kappa shape index (κ2) is 6.15. The zero-order chi connectivity index (χ0) is 12.8. The van der Waals surface area contributed by atoms with Crippen LogP contribution in [0.5, 0.6) is 0 Å². The molecule has 0 saturated carbocycles. The van der Waals surface area contributed by atoms with Crippen LogP contribution < -0.4 is 5.32 Å². The number of alkyl carbamates (subject to hydrolysis) is 1. The predicted octanol–water partition coefficient (Wildman–Crippen LogP) is 1.63. The average molecular weight is 229 g/mol. The minimum atomic E-state index is -0.739. The fourth-order valence-electron chi connectivity index (χ4n) is 0.802. The van der Waals surface area contributed by atoms with Gasteiger partial charge in [-0.1, -0.05) is 12.7 Å². The van der Waals surface area contributed by atoms with Crippen LogP contribution in [0.3, 0.4) is 0 Å². The van der Waals surface area contributed by atoms with Crippen LogP contribution >= 0.6 is 0 Å². The lowest BCUT2D eigenvalue weighted by molar-refractivity contribution is -0.156. The van der Waals surface area contributed by atoms with Crippen LogP contribution in [0.1, 0.15) is 27.7 Å². The molecule has 5 nitrogen and oxygen atoms in total. The number of esters is 1. The number of hydrogen-bond acceptors (Lipinski definition) is 4. The van der Waals surface area contributed by atoms with Gasteiger partial charge in [-0.2, -0.15) is 0 Å². The van der Waals surface area contributed by atoms with Crippen LogP contribution in [0.25, 0.3) is 0 Å². The highest BCUT2D eigenvalue weighted by molar-refractivity contribution is 5.81. The fourth-order valence-corrected chi connectivity index (χ4v) is 0.802. The standard InChI is InChI=1S/C11H19NO4/c1-6-7-15-10(14)12-8(2)9(13)16-11(3,4)5/h6,8H,1,7H2,2-5H3,(H,12,14)/t8-/m1/s1. The third kappa shape index (κ3) is 6.86. The topological polar surface area (TPSA) is 64.6 Å². The van der Waals surface area contributed by atoms with Crippen molar-refractivity contribution >= 4 is 12.1 Å². The highest BCUT2D eigenvalue weighted by atomic mass is 16.6. The zero-order valence-corrected chi connectivity index (χ0v) is 10.2. The van der Waals surface area contributed by atoms with Crippen LogP contribution in [0.2, 0.25) is 0 Å². The third-order valence-corrected chi connectivity index (χ3v) is 1.43. The summed E-state index contributed by atoms with van der Waals surface area (Å²) in [5.41, 5.74) is -0.571. The van der Waals surface area contributed by atoms with E-state index in [4.69, 9.17) is 4.74 Å². The van der Waals surface area contributed by atoms with Crippen LogP contribution in [0, 0.1) is 0 Å². The summed E-state index contributed by atoms with van der Waals surface area (Å²) in [6.07, 6.45) is 0.774. The molecule has 0 aliphatic rings. The van der Waals surface area contributed by atoms with Gasteiger partial charge >= 0.3 is 12.1 Å². The smallest absolute Gasteiger partial charge is 0.408 e. The predicted molar refractivity (Wildman–Crippen MR) is 60.0 cm³/mol. The molecule has 92 valence electrons. The van der Waals surface area contributed by atoms with Gasteiger partial charge in [-0.3, -0.25) is 0 Å². The molecule has 1 N–H and O–H groups in total. The summed E-state index contributed by atoms with van der Waals surface area (Å²) in [6.45, 7) is 10.3. The summed E-state index contributed by atoms with van der Waals surface area (Å²) >= 11 is 0. The van der Waals surface area contributed by atoms with Gasteiger partial charge in [0, 0.05) is 0 Å². The number of ether oxygens (including phenoxy) is 2. The van der Waals surface area contributed by atoms with Crippen LogP contribution in [-0.4, -0.2) is 30.3 Å². The number of rotatable bonds is 4. The van der Waals surface area contributed by atoms with E-state index in [9.17, 15) is 9.59 Å². The van der Waals surface area contributed by atoms with E-state index in [1.54, 1.807) is 20.8 Å². The Hall–Kier alpha value is -1.52. The van der Waals surface area contributed by atoms with E-state index in [0.29, 0.717) is 0 Å². The molecular formula is C11H19NO4. The summed E-state index contributed by atoms with van der Waals surface area (Å²) in [7, 11) is 0. The van der Waals surface area contributed by atoms with E-state index in [1.165, 1.54) is 13.0 Å². The first-order valence-electron chi connectivity index (χ1n) is 5.03. The zero-order valence-electron chi connectivity index (χ0n) is 10.2. The van der Waals surface area contributed by atoms with Crippen LogP contribution in [0.15, 0.2) is 12.7 Å². The summed E-state index contributed by atoms with van der Waals surface area (Å²) in [6, 6.07) is -0.739. The molecule has 0 aliphatic carbocycles. The molecule has 0 radical (unpaired) electrons. The molecule has 0 bridgehead atoms. The van der Waals surface area contributed by atoms with Gasteiger partial charge in [-0.15, -0.1) is 0 Å². The molecule has 1 atom stereocenters. The molecule has 0 spiro atoms. The Morgan fingerprint density at radius 2 is 2.00 bits per heavy atom. The van der Waals surface area contributed by atoms with E-state index in [1.807, 2.05) is 0 Å². The van der Waals surface area contributed by atoms with E-state index >= 15 is 0 Å². The molecule has 0 saturated heterocycles. The normalized spacial score (nSPS) is 12.5. The lowest BCUT2D eigenvalue weighted by atomic mass is 10.2. The molecule has 0 unspecified atom stereocenters. The number of amides is 1. The summed E-state index contributed by atoms with van der Waals surface area (Å²) in [4.78, 5) is 22.5. The van der Waals surface area contributed by atoms with E-state index in [2.05, 4.69) is 16.6 Å². The first kappa shape index (κ1) is 14.5. The van der Waals surface area contributed by atoms with Crippen LogP contribution in [-0.2, 0) is 14.3 Å². The Morgan fingerprint density at radius 3 is 2.44 bits per heavy atom. The molecule has 0 aromatic carbocycles. The molecule has 0 heterocycles. The molecule has 0 aliphatic heterocycles. The minimum absolute atomic E-state index is 0.104. The first-order chi connectivity index (χ1) is 7.26. The van der Waals surface area contributed by atoms with Gasteiger partial charge in [0.1, 0.15) is 18.2 Å². The van der Waals surface area contributed by atoms with Gasteiger partial charge < -0.3 is 14.8 Å². The molecule has 0 fully saturated rings. The number of carbonyl (C=O) groups excluding carboxylic acids is 2. The second-order valence-electron chi connectivity index (χ2n) is 4.29. The van der Waals surface area contributed by atoms with Crippen molar-refractivity contribution in [1.29, 1.82) is 0 Å². The Labute approximate surface area is 95.8 Å². The van der Waals surface area contributed by atoms with Gasteiger partial charge in [0.15, 0.2) is 0 Å². The largest absolute Gasteiger partial charge is 0.458 e. The van der Waals surface area contributed by atoms with Crippen molar-refractivity contribution < 1.29 is 19.1 Å². The van der Waals surface area contributed by atoms with Crippen molar-refractivity contribution in [2.45, 2.75) is 39.3 Å². The first-order valence-corrected chi connectivity index (χ1v) is 5.03. The minimum Gasteiger partial charge on any atom is -0.458 e. The second-order valence-corrected chi connectivity index (χ2v) is 4.29. The highest BCUT2D eigenvalue weighted by Gasteiger charge is 2.23. The number of nitrogens with one attached hydrogen (secondary N) is 1. The molecular weight excluding hydrogens is 210 g/mol. The fraction of sp³-hybridized carbons (Fsp3) is 0.636. The highest BCUT2D eigenvalue weighted by Crippen LogP contribution is 2.08. The lowest BCUT2D eigenvalue weighted by Gasteiger charge is -2.22. The van der Waals surface area contributed by atoms with Gasteiger partial charge in [-0.05, 0) is 27.7 Å². The van der Waals surface area contributed by atoms with E-state index < -0.39 is 23.7 Å². The summed E-state index contributed by atoms with van der Waals surface area (Å²) in [5.74, 6) is -0.497. The van der Waals surface area contributed by atoms with E-state index in [-0.39, 0.29) is 6.61 Å². The Kier molecular flexibility index (Phi) is 5.56. The molecule has 0 aromatic heterocycles. The van der Waals surface area contributed by atoms with Crippen molar-refractivity contribution in [3.63, 3.8) is 0 Å². The summed E-state index contributed by atoms with van der Waals surface area (Å²) < 4.78 is 9.74. The SMILES string of the molecule is C=CCOC(=O)N[C@H](C)C(=O)OC(C)(C)C. The van der Waals surface area contributed by atoms with Crippen molar-refractivity contribution in [1.82, 2.24) is 5.32 Å². The number of carbonyl (C=O) groups is 2. The molecule has 0 rings (SSSR count). The average Bonchev–Trinajstić information content (AvgIpc) is 2.11. The molecule has 5 heteroatoms. The van der Waals surface area contributed by atoms with Gasteiger partial charge in [0.2, 0.25) is 0 Å². The van der Waals surface area contributed by atoms with Gasteiger partial charge in [0.25, 0.3) is 0 Å². The number of hydrogen-bond donors (Lipinski definition) is 1. The van der Waals surface area contributed by atoms with Gasteiger partial charge in [0.05, 0.1) is 0 Å². The lowest BCUT2D eigenvalue weighted by Crippen LogP contribution is -2.42. The van der Waals surface area contributed by atoms with Gasteiger partial charge in [-0.25, -0.2) is 9.59 Å². The van der Waals surface area contributed by atoms with Crippen molar-refractivity contribution in [3.05, 3.63) is 12.7 Å². The molecule has 0 aromatic rings. The maximum atomic E-state index is 11.5. The molecule has 1 amide bonds. The molecule has 16 heavy (non-hydrogen) atoms. The van der Waals surface area contributed by atoms with E-state index in [0.717, 1.165) is 0 Å². The Morgan fingerprint density at radius 1 is 1.44 bits per heavy atom. The third-order valence-electron chi connectivity index (χ3n) is 1.43. The van der Waals surface area contributed by atoms with Crippen LogP contribution in [0.4, 0.5) is 4.79 Å². The Balaban J connectivity index is 4.05. The van der Waals surface area contributed by atoms with Crippen molar-refractivity contribution in [3.8, 4) is 0 Å². The summed E-state index contributed by atoms with van der Waals surface area (Å²) in [5, 5.41) is 2.35. The van der Waals surface area contributed by atoms with Crippen molar-refractivity contribution in [2.75, 3.05) is 6.61 Å². The quantitative estimate of drug-likeness (QED) is 0.587. The maximum Gasteiger partial charge on any atom is 0.408 e. The van der Waals surface area contributed by atoms with Crippen molar-refractivity contribution in [2.24, 2.45) is 0 Å².